The van der Waals surface area contributed by atoms with Crippen molar-refractivity contribution in [1.29, 1.82) is 0 Å². The number of methoxy groups -OCH3 is 1. The van der Waals surface area contributed by atoms with Crippen molar-refractivity contribution in [1.82, 2.24) is 9.80 Å². The molecule has 3 aliphatic rings. The summed E-state index contributed by atoms with van der Waals surface area (Å²) in [7, 11) is 1.67. The molecule has 0 spiro atoms. The van der Waals surface area contributed by atoms with Crippen molar-refractivity contribution in [2.45, 2.75) is 38.5 Å². The van der Waals surface area contributed by atoms with Gasteiger partial charge in [0, 0.05) is 56.8 Å². The molecule has 5 rings (SSSR count). The maximum atomic E-state index is 13.9. The molecule has 1 saturated carbocycles. The normalized spacial score (nSPS) is 23.1. The van der Waals surface area contributed by atoms with Crippen LogP contribution in [0.1, 0.15) is 42.7 Å². The molecule has 2 saturated heterocycles. The third kappa shape index (κ3) is 4.89. The molecule has 6 heteroatoms. The molecule has 0 N–H and O–H groups in total. The second-order valence-electron chi connectivity index (χ2n) is 10.3. The molecular weight excluding hydrogens is 438 g/mol. The van der Waals surface area contributed by atoms with Gasteiger partial charge in [0.1, 0.15) is 5.75 Å². The lowest BCUT2D eigenvalue weighted by atomic mass is 9.87. The van der Waals surface area contributed by atoms with Gasteiger partial charge in [-0.1, -0.05) is 43.2 Å². The van der Waals surface area contributed by atoms with Crippen LogP contribution in [-0.2, 0) is 9.59 Å². The van der Waals surface area contributed by atoms with E-state index in [1.807, 2.05) is 28.0 Å². The third-order valence-corrected chi connectivity index (χ3v) is 8.22. The number of ether oxygens (including phenoxy) is 1. The van der Waals surface area contributed by atoms with E-state index in [1.54, 1.807) is 7.11 Å². The van der Waals surface area contributed by atoms with Crippen molar-refractivity contribution in [3.63, 3.8) is 0 Å². The monoisotopic (exact) mass is 475 g/mol. The van der Waals surface area contributed by atoms with E-state index in [9.17, 15) is 9.59 Å². The molecule has 35 heavy (non-hydrogen) atoms. The van der Waals surface area contributed by atoms with Crippen LogP contribution >= 0.6 is 0 Å². The number of aryl methyl sites for hydroxylation is 1. The van der Waals surface area contributed by atoms with Crippen LogP contribution in [0.25, 0.3) is 0 Å². The van der Waals surface area contributed by atoms with E-state index >= 15 is 0 Å². The average molecular weight is 476 g/mol. The fourth-order valence-electron chi connectivity index (χ4n) is 6.20. The van der Waals surface area contributed by atoms with Crippen LogP contribution in [0, 0.1) is 18.8 Å². The van der Waals surface area contributed by atoms with Crippen LogP contribution in [0.15, 0.2) is 48.5 Å². The molecule has 3 fully saturated rings. The lowest BCUT2D eigenvalue weighted by Crippen LogP contribution is -2.51. The lowest BCUT2D eigenvalue weighted by Gasteiger charge is -2.38. The lowest BCUT2D eigenvalue weighted by molar-refractivity contribution is -0.137. The largest absolute Gasteiger partial charge is 0.497 e. The number of benzene rings is 2. The molecule has 2 unspecified atom stereocenters. The highest BCUT2D eigenvalue weighted by Gasteiger charge is 2.44. The number of nitrogens with zero attached hydrogens (tertiary/aromatic N) is 3. The molecule has 6 nitrogen and oxygen atoms in total. The van der Waals surface area contributed by atoms with E-state index in [4.69, 9.17) is 4.74 Å². The van der Waals surface area contributed by atoms with Gasteiger partial charge in [-0.25, -0.2) is 0 Å². The molecule has 2 aromatic rings. The van der Waals surface area contributed by atoms with Gasteiger partial charge in [-0.3, -0.25) is 9.59 Å². The first-order chi connectivity index (χ1) is 17.0. The molecule has 186 valence electrons. The Labute approximate surface area is 208 Å². The van der Waals surface area contributed by atoms with E-state index in [1.165, 1.54) is 11.3 Å². The fraction of sp³-hybridized carbons (Fsp3) is 0.517. The summed E-state index contributed by atoms with van der Waals surface area (Å²) in [4.78, 5) is 33.6. The SMILES string of the molecule is COc1cccc(C2CN(C(=O)C3CCCC3)CC2C(=O)N2CCN(c3ccccc3C)CC2)c1. The Morgan fingerprint density at radius 2 is 1.60 bits per heavy atom. The van der Waals surface area contributed by atoms with Gasteiger partial charge in [0.2, 0.25) is 11.8 Å². The number of rotatable bonds is 5. The van der Waals surface area contributed by atoms with Gasteiger partial charge in [-0.15, -0.1) is 0 Å². The van der Waals surface area contributed by atoms with Crippen molar-refractivity contribution in [2.75, 3.05) is 51.3 Å². The second kappa shape index (κ2) is 10.3. The predicted molar refractivity (Wildman–Crippen MR) is 138 cm³/mol. The number of hydrogen-bond acceptors (Lipinski definition) is 4. The van der Waals surface area contributed by atoms with Crippen LogP contribution in [0.2, 0.25) is 0 Å². The molecule has 2 amide bonds. The van der Waals surface area contributed by atoms with Gasteiger partial charge in [0.05, 0.1) is 13.0 Å². The number of likely N-dealkylation sites (tertiary alicyclic amines) is 1. The van der Waals surface area contributed by atoms with Crippen molar-refractivity contribution >= 4 is 17.5 Å². The van der Waals surface area contributed by atoms with Gasteiger partial charge in [0.25, 0.3) is 0 Å². The summed E-state index contributed by atoms with van der Waals surface area (Å²) in [6.45, 7) is 6.36. The summed E-state index contributed by atoms with van der Waals surface area (Å²) in [5.41, 5.74) is 3.60. The minimum absolute atomic E-state index is 0.00245. The molecule has 2 heterocycles. The van der Waals surface area contributed by atoms with Crippen molar-refractivity contribution in [2.24, 2.45) is 11.8 Å². The number of amides is 2. The maximum absolute atomic E-state index is 13.9. The Balaban J connectivity index is 1.32. The summed E-state index contributed by atoms with van der Waals surface area (Å²) < 4.78 is 5.46. The number of piperazine rings is 1. The Morgan fingerprint density at radius 1 is 0.857 bits per heavy atom. The molecule has 2 aromatic carbocycles. The standard InChI is InChI=1S/C29H37N3O3/c1-21-8-3-6-13-27(21)30-14-16-31(17-15-30)29(34)26-20-32(28(33)22-9-4-5-10-22)19-25(26)23-11-7-12-24(18-23)35-2/h3,6-8,11-13,18,22,25-26H,4-5,9-10,14-17,19-20H2,1-2H3. The first-order valence-corrected chi connectivity index (χ1v) is 13.1. The van der Waals surface area contributed by atoms with Crippen LogP contribution < -0.4 is 9.64 Å². The summed E-state index contributed by atoms with van der Waals surface area (Å²) in [6.07, 6.45) is 4.24. The quantitative estimate of drug-likeness (QED) is 0.654. The topological polar surface area (TPSA) is 53.1 Å². The number of carbonyl (C=O) groups is 2. The minimum atomic E-state index is -0.211. The Kier molecular flexibility index (Phi) is 6.98. The van der Waals surface area contributed by atoms with Gasteiger partial charge >= 0.3 is 0 Å². The Morgan fingerprint density at radius 3 is 2.31 bits per heavy atom. The molecule has 2 atom stereocenters. The zero-order valence-electron chi connectivity index (χ0n) is 21.0. The number of hydrogen-bond donors (Lipinski definition) is 0. The van der Waals surface area contributed by atoms with E-state index in [0.717, 1.165) is 50.1 Å². The fourth-order valence-corrected chi connectivity index (χ4v) is 6.20. The van der Waals surface area contributed by atoms with Crippen LogP contribution in [0.3, 0.4) is 0 Å². The predicted octanol–water partition coefficient (Wildman–Crippen LogP) is 4.08. The summed E-state index contributed by atoms with van der Waals surface area (Å²) >= 11 is 0. The summed E-state index contributed by atoms with van der Waals surface area (Å²) in [6, 6.07) is 16.5. The maximum Gasteiger partial charge on any atom is 0.228 e. The van der Waals surface area contributed by atoms with Crippen LogP contribution in [0.4, 0.5) is 5.69 Å². The van der Waals surface area contributed by atoms with E-state index in [-0.39, 0.29) is 29.6 Å². The summed E-state index contributed by atoms with van der Waals surface area (Å²) in [5.74, 6) is 1.14. The first-order valence-electron chi connectivity index (χ1n) is 13.1. The Hall–Kier alpha value is -3.02. The van der Waals surface area contributed by atoms with Crippen LogP contribution in [0.5, 0.6) is 5.75 Å². The van der Waals surface area contributed by atoms with E-state index in [2.05, 4.69) is 42.2 Å². The highest BCUT2D eigenvalue weighted by molar-refractivity contribution is 5.84. The number of carbonyl (C=O) groups excluding carboxylic acids is 2. The highest BCUT2D eigenvalue weighted by Crippen LogP contribution is 2.38. The molecule has 0 aromatic heterocycles. The van der Waals surface area contributed by atoms with Crippen molar-refractivity contribution in [3.8, 4) is 5.75 Å². The summed E-state index contributed by atoms with van der Waals surface area (Å²) in [5, 5.41) is 0. The van der Waals surface area contributed by atoms with E-state index < -0.39 is 0 Å². The Bertz CT molecular complexity index is 1060. The van der Waals surface area contributed by atoms with Gasteiger partial charge in [-0.2, -0.15) is 0 Å². The molecule has 0 bridgehead atoms. The zero-order valence-corrected chi connectivity index (χ0v) is 21.0. The number of para-hydroxylation sites is 1. The van der Waals surface area contributed by atoms with Crippen LogP contribution in [-0.4, -0.2) is 68.0 Å². The van der Waals surface area contributed by atoms with Gasteiger partial charge in [0.15, 0.2) is 0 Å². The highest BCUT2D eigenvalue weighted by atomic mass is 16.5. The molecule has 2 aliphatic heterocycles. The smallest absolute Gasteiger partial charge is 0.228 e. The zero-order chi connectivity index (χ0) is 24.4. The van der Waals surface area contributed by atoms with Gasteiger partial charge < -0.3 is 19.4 Å². The molecule has 0 radical (unpaired) electrons. The van der Waals surface area contributed by atoms with Crippen molar-refractivity contribution in [3.05, 3.63) is 59.7 Å². The molecular formula is C29H37N3O3. The number of anilines is 1. The average Bonchev–Trinajstić information content (AvgIpc) is 3.59. The minimum Gasteiger partial charge on any atom is -0.497 e. The molecule has 1 aliphatic carbocycles. The first kappa shape index (κ1) is 23.7. The van der Waals surface area contributed by atoms with E-state index in [0.29, 0.717) is 26.2 Å². The third-order valence-electron chi connectivity index (χ3n) is 8.22. The van der Waals surface area contributed by atoms with Crippen molar-refractivity contribution < 1.29 is 14.3 Å². The van der Waals surface area contributed by atoms with Gasteiger partial charge in [-0.05, 0) is 49.1 Å². The second-order valence-corrected chi connectivity index (χ2v) is 10.3.